The van der Waals surface area contributed by atoms with Gasteiger partial charge in [-0.15, -0.1) is 0 Å². The van der Waals surface area contributed by atoms with Gasteiger partial charge in [0.2, 0.25) is 5.91 Å². The fourth-order valence-corrected chi connectivity index (χ4v) is 2.84. The first-order valence-corrected chi connectivity index (χ1v) is 7.63. The minimum Gasteiger partial charge on any atom is -0.324 e. The standard InChI is InChI=1S/C17H21N3O/c1-13-7-5-6-9-15(13)18-17(21)12-20-11-14-8-3-2-4-10-16(14)19-20/h5-7,9,11H,2-4,8,10,12H2,1H3,(H,18,21). The average Bonchev–Trinajstić information content (AvgIpc) is 2.70. The van der Waals surface area contributed by atoms with Crippen molar-refractivity contribution < 1.29 is 4.79 Å². The van der Waals surface area contributed by atoms with E-state index in [1.165, 1.54) is 30.5 Å². The number of anilines is 1. The van der Waals surface area contributed by atoms with Crippen LogP contribution < -0.4 is 5.32 Å². The Kier molecular flexibility index (Phi) is 4.04. The Balaban J connectivity index is 1.66. The van der Waals surface area contributed by atoms with Crippen LogP contribution in [0, 0.1) is 6.92 Å². The lowest BCUT2D eigenvalue weighted by Crippen LogP contribution is -2.19. The average molecular weight is 283 g/mol. The highest BCUT2D eigenvalue weighted by Crippen LogP contribution is 2.19. The second kappa shape index (κ2) is 6.12. The van der Waals surface area contributed by atoms with Crippen molar-refractivity contribution in [3.8, 4) is 0 Å². The number of hydrogen-bond donors (Lipinski definition) is 1. The number of amides is 1. The molecule has 0 spiro atoms. The topological polar surface area (TPSA) is 46.9 Å². The molecule has 3 rings (SSSR count). The molecule has 4 heteroatoms. The van der Waals surface area contributed by atoms with Gasteiger partial charge in [-0.2, -0.15) is 5.10 Å². The van der Waals surface area contributed by atoms with Crippen LogP contribution in [0.1, 0.15) is 36.1 Å². The number of rotatable bonds is 3. The molecule has 1 amide bonds. The van der Waals surface area contributed by atoms with Crippen LogP contribution >= 0.6 is 0 Å². The van der Waals surface area contributed by atoms with Gasteiger partial charge in [-0.25, -0.2) is 0 Å². The number of carbonyl (C=O) groups is 1. The number of aryl methyl sites for hydroxylation is 3. The minimum atomic E-state index is -0.0260. The molecule has 1 heterocycles. The van der Waals surface area contributed by atoms with Gasteiger partial charge < -0.3 is 5.32 Å². The molecule has 0 fully saturated rings. The summed E-state index contributed by atoms with van der Waals surface area (Å²) in [6.45, 7) is 2.27. The number of nitrogens with zero attached hydrogens (tertiary/aromatic N) is 2. The minimum absolute atomic E-state index is 0.0260. The fourth-order valence-electron chi connectivity index (χ4n) is 2.84. The largest absolute Gasteiger partial charge is 0.324 e. The molecule has 1 N–H and O–H groups in total. The van der Waals surface area contributed by atoms with Crippen LogP contribution in [-0.2, 0) is 24.2 Å². The number of benzene rings is 1. The van der Waals surface area contributed by atoms with Crippen molar-refractivity contribution in [1.82, 2.24) is 9.78 Å². The van der Waals surface area contributed by atoms with Gasteiger partial charge in [0.15, 0.2) is 0 Å². The van der Waals surface area contributed by atoms with E-state index < -0.39 is 0 Å². The maximum absolute atomic E-state index is 12.1. The molecule has 0 aliphatic heterocycles. The Morgan fingerprint density at radius 1 is 1.24 bits per heavy atom. The predicted octanol–water partition coefficient (Wildman–Crippen LogP) is 3.10. The first kappa shape index (κ1) is 13.9. The summed E-state index contributed by atoms with van der Waals surface area (Å²) >= 11 is 0. The van der Waals surface area contributed by atoms with E-state index in [1.807, 2.05) is 37.4 Å². The molecule has 2 aromatic rings. The lowest BCUT2D eigenvalue weighted by molar-refractivity contribution is -0.116. The van der Waals surface area contributed by atoms with E-state index in [9.17, 15) is 4.79 Å². The molecule has 0 saturated carbocycles. The van der Waals surface area contributed by atoms with Crippen LogP contribution in [0.5, 0.6) is 0 Å². The molecular formula is C17H21N3O. The molecule has 0 atom stereocenters. The molecule has 0 bridgehead atoms. The normalized spacial score (nSPS) is 14.3. The zero-order valence-electron chi connectivity index (χ0n) is 12.4. The van der Waals surface area contributed by atoms with E-state index in [0.717, 1.165) is 24.1 Å². The molecule has 4 nitrogen and oxygen atoms in total. The highest BCUT2D eigenvalue weighted by molar-refractivity contribution is 5.91. The number of para-hydroxylation sites is 1. The molecule has 1 aliphatic rings. The van der Waals surface area contributed by atoms with Gasteiger partial charge in [0.1, 0.15) is 6.54 Å². The number of nitrogens with one attached hydrogen (secondary N) is 1. The predicted molar refractivity (Wildman–Crippen MR) is 83.3 cm³/mol. The summed E-state index contributed by atoms with van der Waals surface area (Å²) in [5.74, 6) is -0.0260. The van der Waals surface area contributed by atoms with E-state index in [1.54, 1.807) is 4.68 Å². The first-order valence-electron chi connectivity index (χ1n) is 7.63. The number of carbonyl (C=O) groups excluding carboxylic acids is 1. The first-order chi connectivity index (χ1) is 10.2. The molecule has 110 valence electrons. The third-order valence-electron chi connectivity index (χ3n) is 4.01. The molecule has 0 unspecified atom stereocenters. The summed E-state index contributed by atoms with van der Waals surface area (Å²) in [7, 11) is 0. The van der Waals surface area contributed by atoms with E-state index in [0.29, 0.717) is 0 Å². The Morgan fingerprint density at radius 3 is 2.90 bits per heavy atom. The monoisotopic (exact) mass is 283 g/mol. The second-order valence-electron chi connectivity index (χ2n) is 5.72. The van der Waals surface area contributed by atoms with Crippen molar-refractivity contribution >= 4 is 11.6 Å². The molecule has 1 aromatic carbocycles. The van der Waals surface area contributed by atoms with Crippen molar-refractivity contribution in [3.05, 3.63) is 47.3 Å². The van der Waals surface area contributed by atoms with Gasteiger partial charge >= 0.3 is 0 Å². The van der Waals surface area contributed by atoms with Crippen LogP contribution in [-0.4, -0.2) is 15.7 Å². The molecule has 0 saturated heterocycles. The van der Waals surface area contributed by atoms with Crippen molar-refractivity contribution in [2.24, 2.45) is 0 Å². The fraction of sp³-hybridized carbons (Fsp3) is 0.412. The van der Waals surface area contributed by atoms with E-state index in [4.69, 9.17) is 0 Å². The van der Waals surface area contributed by atoms with Crippen molar-refractivity contribution in [2.45, 2.75) is 45.6 Å². The smallest absolute Gasteiger partial charge is 0.246 e. The van der Waals surface area contributed by atoms with Crippen LogP contribution in [0.4, 0.5) is 5.69 Å². The zero-order chi connectivity index (χ0) is 14.7. The zero-order valence-corrected chi connectivity index (χ0v) is 12.4. The lowest BCUT2D eigenvalue weighted by Gasteiger charge is -2.08. The van der Waals surface area contributed by atoms with Crippen LogP contribution in [0.25, 0.3) is 0 Å². The van der Waals surface area contributed by atoms with Crippen molar-refractivity contribution in [1.29, 1.82) is 0 Å². The van der Waals surface area contributed by atoms with Gasteiger partial charge in [-0.3, -0.25) is 9.48 Å². The number of aromatic nitrogens is 2. The summed E-state index contributed by atoms with van der Waals surface area (Å²) in [5.41, 5.74) is 4.44. The number of hydrogen-bond acceptors (Lipinski definition) is 2. The summed E-state index contributed by atoms with van der Waals surface area (Å²) in [6, 6.07) is 7.81. The number of fused-ring (bicyclic) bond motifs is 1. The van der Waals surface area contributed by atoms with Gasteiger partial charge in [0.25, 0.3) is 0 Å². The summed E-state index contributed by atoms with van der Waals surface area (Å²) in [5, 5.41) is 7.52. The second-order valence-corrected chi connectivity index (χ2v) is 5.72. The van der Waals surface area contributed by atoms with Crippen LogP contribution in [0.3, 0.4) is 0 Å². The lowest BCUT2D eigenvalue weighted by atomic mass is 10.1. The van der Waals surface area contributed by atoms with Crippen molar-refractivity contribution in [2.75, 3.05) is 5.32 Å². The maximum atomic E-state index is 12.1. The van der Waals surface area contributed by atoms with Gasteiger partial charge in [0.05, 0.1) is 5.69 Å². The Morgan fingerprint density at radius 2 is 2.05 bits per heavy atom. The summed E-state index contributed by atoms with van der Waals surface area (Å²) < 4.78 is 1.78. The van der Waals surface area contributed by atoms with Gasteiger partial charge in [0, 0.05) is 11.9 Å². The van der Waals surface area contributed by atoms with Crippen LogP contribution in [0.15, 0.2) is 30.5 Å². The molecule has 0 radical (unpaired) electrons. The SMILES string of the molecule is Cc1ccccc1NC(=O)Cn1cc2c(n1)CCCCC2. The van der Waals surface area contributed by atoms with E-state index >= 15 is 0 Å². The maximum Gasteiger partial charge on any atom is 0.246 e. The Hall–Kier alpha value is -2.10. The van der Waals surface area contributed by atoms with Gasteiger partial charge in [-0.1, -0.05) is 24.6 Å². The highest BCUT2D eigenvalue weighted by atomic mass is 16.2. The Bertz CT molecular complexity index is 622. The molecule has 1 aliphatic carbocycles. The third kappa shape index (κ3) is 3.32. The van der Waals surface area contributed by atoms with Gasteiger partial charge in [-0.05, 0) is 49.8 Å². The molecule has 1 aromatic heterocycles. The van der Waals surface area contributed by atoms with Crippen molar-refractivity contribution in [3.63, 3.8) is 0 Å². The quantitative estimate of drug-likeness (QED) is 0.880. The van der Waals surface area contributed by atoms with E-state index in [-0.39, 0.29) is 12.5 Å². The molecular weight excluding hydrogens is 262 g/mol. The molecule has 21 heavy (non-hydrogen) atoms. The summed E-state index contributed by atoms with van der Waals surface area (Å²) in [4.78, 5) is 12.1. The Labute approximate surface area is 125 Å². The summed E-state index contributed by atoms with van der Waals surface area (Å²) in [6.07, 6.45) is 7.90. The van der Waals surface area contributed by atoms with E-state index in [2.05, 4.69) is 10.4 Å². The third-order valence-corrected chi connectivity index (χ3v) is 4.01. The van der Waals surface area contributed by atoms with Crippen LogP contribution in [0.2, 0.25) is 0 Å². The highest BCUT2D eigenvalue weighted by Gasteiger charge is 2.14.